The van der Waals surface area contributed by atoms with Crippen LogP contribution < -0.4 is 5.32 Å². The third kappa shape index (κ3) is 3.50. The van der Waals surface area contributed by atoms with Crippen LogP contribution in [0.15, 0.2) is 30.5 Å². The number of para-hydroxylation sites is 1. The third-order valence-electron chi connectivity index (χ3n) is 5.89. The van der Waals surface area contributed by atoms with Crippen molar-refractivity contribution < 1.29 is 4.79 Å². The molecule has 3 heteroatoms. The van der Waals surface area contributed by atoms with Gasteiger partial charge in [-0.3, -0.25) is 4.79 Å². The van der Waals surface area contributed by atoms with E-state index in [4.69, 9.17) is 0 Å². The van der Waals surface area contributed by atoms with Gasteiger partial charge < -0.3 is 9.88 Å². The topological polar surface area (TPSA) is 34.0 Å². The summed E-state index contributed by atoms with van der Waals surface area (Å²) in [6.45, 7) is 7.71. The van der Waals surface area contributed by atoms with Crippen molar-refractivity contribution in [2.45, 2.75) is 65.5 Å². The van der Waals surface area contributed by atoms with Crippen molar-refractivity contribution in [3.8, 4) is 0 Å². The molecule has 3 nitrogen and oxygen atoms in total. The van der Waals surface area contributed by atoms with Gasteiger partial charge in [-0.1, -0.05) is 44.9 Å². The molecule has 1 N–H and O–H groups in total. The molecule has 0 saturated heterocycles. The lowest BCUT2D eigenvalue weighted by Crippen LogP contribution is -2.43. The number of carbonyl (C=O) groups is 1. The number of fused-ring (bicyclic) bond motifs is 1. The molecule has 0 unspecified atom stereocenters. The quantitative estimate of drug-likeness (QED) is 0.860. The highest BCUT2D eigenvalue weighted by molar-refractivity contribution is 5.85. The fraction of sp³-hybridized carbons (Fsp3) is 0.571. The van der Waals surface area contributed by atoms with Crippen LogP contribution in [0.3, 0.4) is 0 Å². The second-order valence-electron chi connectivity index (χ2n) is 7.40. The second kappa shape index (κ2) is 7.42. The van der Waals surface area contributed by atoms with Crippen LogP contribution in [-0.2, 0) is 17.8 Å². The van der Waals surface area contributed by atoms with Crippen molar-refractivity contribution in [3.63, 3.8) is 0 Å². The molecule has 0 radical (unpaired) electrons. The zero-order valence-electron chi connectivity index (χ0n) is 15.2. The maximum atomic E-state index is 12.4. The number of nitrogens with zero attached hydrogens (tertiary/aromatic N) is 1. The van der Waals surface area contributed by atoms with E-state index in [0.717, 1.165) is 19.4 Å². The van der Waals surface area contributed by atoms with E-state index >= 15 is 0 Å². The molecule has 3 atom stereocenters. The molecule has 3 rings (SSSR count). The highest BCUT2D eigenvalue weighted by atomic mass is 16.1. The SMILES string of the molecule is CCn1cc(CCC(=O)N[C@@H]2CCC[C@@H](C)[C@@H]2C)c2ccccc21. The average Bonchev–Trinajstić information content (AvgIpc) is 2.95. The Morgan fingerprint density at radius 3 is 2.83 bits per heavy atom. The highest BCUT2D eigenvalue weighted by Gasteiger charge is 2.27. The third-order valence-corrected chi connectivity index (χ3v) is 5.89. The number of carbonyl (C=O) groups excluding carboxylic acids is 1. The first-order valence-electron chi connectivity index (χ1n) is 9.46. The van der Waals surface area contributed by atoms with Gasteiger partial charge in [0.15, 0.2) is 0 Å². The molecule has 1 heterocycles. The van der Waals surface area contributed by atoms with Gasteiger partial charge >= 0.3 is 0 Å². The number of nitrogens with one attached hydrogen (secondary N) is 1. The van der Waals surface area contributed by atoms with Gasteiger partial charge in [0.25, 0.3) is 0 Å². The summed E-state index contributed by atoms with van der Waals surface area (Å²) < 4.78 is 2.27. The summed E-state index contributed by atoms with van der Waals surface area (Å²) in [6, 6.07) is 8.85. The maximum Gasteiger partial charge on any atom is 0.220 e. The zero-order chi connectivity index (χ0) is 17.1. The summed E-state index contributed by atoms with van der Waals surface area (Å²) in [7, 11) is 0. The van der Waals surface area contributed by atoms with E-state index in [0.29, 0.717) is 24.3 Å². The van der Waals surface area contributed by atoms with Crippen LogP contribution in [0, 0.1) is 11.8 Å². The first-order valence-corrected chi connectivity index (χ1v) is 9.46. The minimum absolute atomic E-state index is 0.203. The van der Waals surface area contributed by atoms with Crippen molar-refractivity contribution in [1.82, 2.24) is 9.88 Å². The Kier molecular flexibility index (Phi) is 5.27. The van der Waals surface area contributed by atoms with Crippen LogP contribution in [-0.4, -0.2) is 16.5 Å². The van der Waals surface area contributed by atoms with Gasteiger partial charge in [-0.2, -0.15) is 0 Å². The number of hydrogen-bond acceptors (Lipinski definition) is 1. The van der Waals surface area contributed by atoms with Gasteiger partial charge in [0.1, 0.15) is 0 Å². The fourth-order valence-electron chi connectivity index (χ4n) is 4.10. The second-order valence-corrected chi connectivity index (χ2v) is 7.40. The van der Waals surface area contributed by atoms with E-state index in [-0.39, 0.29) is 5.91 Å². The molecule has 1 fully saturated rings. The molecule has 1 aliphatic rings. The van der Waals surface area contributed by atoms with Gasteiger partial charge in [-0.15, -0.1) is 0 Å². The molecule has 1 aromatic heterocycles. The molecular formula is C21H30N2O. The van der Waals surface area contributed by atoms with Crippen LogP contribution in [0.1, 0.15) is 52.0 Å². The van der Waals surface area contributed by atoms with Crippen LogP contribution in [0.25, 0.3) is 10.9 Å². The summed E-state index contributed by atoms with van der Waals surface area (Å²) in [5.74, 6) is 1.51. The Hall–Kier alpha value is -1.77. The van der Waals surface area contributed by atoms with Crippen LogP contribution in [0.2, 0.25) is 0 Å². The number of aromatic nitrogens is 1. The number of amides is 1. The van der Waals surface area contributed by atoms with Crippen molar-refractivity contribution in [2.24, 2.45) is 11.8 Å². The monoisotopic (exact) mass is 326 g/mol. The highest BCUT2D eigenvalue weighted by Crippen LogP contribution is 2.29. The molecule has 1 aliphatic carbocycles. The van der Waals surface area contributed by atoms with E-state index in [1.54, 1.807) is 0 Å². The van der Waals surface area contributed by atoms with Crippen molar-refractivity contribution in [3.05, 3.63) is 36.0 Å². The van der Waals surface area contributed by atoms with E-state index in [2.05, 4.69) is 61.1 Å². The van der Waals surface area contributed by atoms with E-state index in [9.17, 15) is 4.79 Å². The van der Waals surface area contributed by atoms with Gasteiger partial charge in [0.05, 0.1) is 0 Å². The molecule has 1 saturated carbocycles. The Bertz CT molecular complexity index is 703. The number of benzene rings is 1. The Labute approximate surface area is 145 Å². The molecule has 130 valence electrons. The number of hydrogen-bond donors (Lipinski definition) is 1. The minimum Gasteiger partial charge on any atom is -0.353 e. The van der Waals surface area contributed by atoms with Crippen LogP contribution in [0.4, 0.5) is 0 Å². The summed E-state index contributed by atoms with van der Waals surface area (Å²) >= 11 is 0. The Balaban J connectivity index is 1.62. The largest absolute Gasteiger partial charge is 0.353 e. The predicted octanol–water partition coefficient (Wildman–Crippen LogP) is 4.53. The normalized spacial score (nSPS) is 24.2. The van der Waals surface area contributed by atoms with Crippen molar-refractivity contribution >= 4 is 16.8 Å². The summed E-state index contributed by atoms with van der Waals surface area (Å²) in [5, 5.41) is 4.58. The van der Waals surface area contributed by atoms with Gasteiger partial charge in [0, 0.05) is 36.1 Å². The van der Waals surface area contributed by atoms with Gasteiger partial charge in [0.2, 0.25) is 5.91 Å². The molecule has 0 spiro atoms. The molecule has 0 bridgehead atoms. The average molecular weight is 326 g/mol. The standard InChI is InChI=1S/C21H30N2O/c1-4-23-14-17(18-9-5-6-11-20(18)23)12-13-21(24)22-19-10-7-8-15(2)16(19)3/h5-6,9,11,14-16,19H,4,7-8,10,12-13H2,1-3H3,(H,22,24)/t15-,16+,19-/m1/s1. The van der Waals surface area contributed by atoms with E-state index in [1.807, 2.05) is 0 Å². The molecular weight excluding hydrogens is 296 g/mol. The van der Waals surface area contributed by atoms with Crippen LogP contribution in [0.5, 0.6) is 0 Å². The van der Waals surface area contributed by atoms with E-state index < -0.39 is 0 Å². The van der Waals surface area contributed by atoms with Crippen LogP contribution >= 0.6 is 0 Å². The molecule has 1 amide bonds. The molecule has 1 aromatic carbocycles. The minimum atomic E-state index is 0.203. The lowest BCUT2D eigenvalue weighted by atomic mass is 9.78. The molecule has 0 aliphatic heterocycles. The van der Waals surface area contributed by atoms with E-state index in [1.165, 1.54) is 29.3 Å². The predicted molar refractivity (Wildman–Crippen MR) is 100 cm³/mol. The van der Waals surface area contributed by atoms with Gasteiger partial charge in [-0.05, 0) is 43.2 Å². The number of rotatable bonds is 5. The summed E-state index contributed by atoms with van der Waals surface area (Å²) in [5.41, 5.74) is 2.55. The first-order chi connectivity index (χ1) is 11.6. The summed E-state index contributed by atoms with van der Waals surface area (Å²) in [6.07, 6.45) is 7.27. The fourth-order valence-corrected chi connectivity index (χ4v) is 4.10. The summed E-state index contributed by atoms with van der Waals surface area (Å²) in [4.78, 5) is 12.4. The molecule has 2 aromatic rings. The Morgan fingerprint density at radius 1 is 1.25 bits per heavy atom. The maximum absolute atomic E-state index is 12.4. The molecule has 24 heavy (non-hydrogen) atoms. The zero-order valence-corrected chi connectivity index (χ0v) is 15.2. The number of aryl methyl sites for hydroxylation is 2. The lowest BCUT2D eigenvalue weighted by Gasteiger charge is -2.34. The van der Waals surface area contributed by atoms with Crippen molar-refractivity contribution in [2.75, 3.05) is 0 Å². The van der Waals surface area contributed by atoms with Gasteiger partial charge in [-0.25, -0.2) is 0 Å². The van der Waals surface area contributed by atoms with Crippen molar-refractivity contribution in [1.29, 1.82) is 0 Å². The first kappa shape index (κ1) is 17.1. The lowest BCUT2D eigenvalue weighted by molar-refractivity contribution is -0.122. The smallest absolute Gasteiger partial charge is 0.220 e. The Morgan fingerprint density at radius 2 is 2.04 bits per heavy atom.